The Morgan fingerprint density at radius 1 is 1.29 bits per heavy atom. The van der Waals surface area contributed by atoms with Crippen molar-refractivity contribution in [3.63, 3.8) is 0 Å². The molecule has 114 valence electrons. The number of nitrogens with zero attached hydrogens (tertiary/aromatic N) is 1. The van der Waals surface area contributed by atoms with Crippen LogP contribution in [0, 0.1) is 5.92 Å². The zero-order valence-electron chi connectivity index (χ0n) is 12.3. The molecule has 0 N–H and O–H groups in total. The van der Waals surface area contributed by atoms with Crippen molar-refractivity contribution in [1.82, 2.24) is 4.90 Å². The van der Waals surface area contributed by atoms with Crippen molar-refractivity contribution in [3.05, 3.63) is 28.7 Å². The molecule has 2 saturated carbocycles. The van der Waals surface area contributed by atoms with Gasteiger partial charge in [0.1, 0.15) is 5.75 Å². The van der Waals surface area contributed by atoms with Crippen LogP contribution < -0.4 is 4.74 Å². The summed E-state index contributed by atoms with van der Waals surface area (Å²) in [6, 6.07) is 8.36. The summed E-state index contributed by atoms with van der Waals surface area (Å²) in [4.78, 5) is 14.5. The molecule has 4 heteroatoms. The topological polar surface area (TPSA) is 29.5 Å². The Morgan fingerprint density at radius 3 is 2.76 bits per heavy atom. The highest BCUT2D eigenvalue weighted by molar-refractivity contribution is 9.10. The van der Waals surface area contributed by atoms with Crippen LogP contribution in [0.3, 0.4) is 0 Å². The number of carbonyl (C=O) groups is 1. The molecule has 1 aromatic rings. The minimum absolute atomic E-state index is 0.322. The first-order valence-corrected chi connectivity index (χ1v) is 8.69. The number of benzene rings is 1. The fourth-order valence-electron chi connectivity index (χ4n) is 2.53. The second kappa shape index (κ2) is 6.82. The van der Waals surface area contributed by atoms with E-state index in [-0.39, 0.29) is 0 Å². The molecule has 2 aliphatic rings. The molecule has 1 amide bonds. The Kier molecular flexibility index (Phi) is 4.84. The van der Waals surface area contributed by atoms with Crippen LogP contribution in [0.2, 0.25) is 0 Å². The summed E-state index contributed by atoms with van der Waals surface area (Å²) in [5.41, 5.74) is 0. The summed E-state index contributed by atoms with van der Waals surface area (Å²) in [7, 11) is 0. The zero-order chi connectivity index (χ0) is 14.7. The zero-order valence-corrected chi connectivity index (χ0v) is 13.8. The van der Waals surface area contributed by atoms with E-state index < -0.39 is 0 Å². The normalized spacial score (nSPS) is 17.6. The van der Waals surface area contributed by atoms with Crippen LogP contribution in [0.4, 0.5) is 0 Å². The maximum atomic E-state index is 12.3. The van der Waals surface area contributed by atoms with Crippen molar-refractivity contribution in [3.8, 4) is 5.75 Å². The molecule has 0 aliphatic heterocycles. The SMILES string of the molecule is O=C(CCCOc1cccc(Br)c1)N(CC1CC1)C1CC1. The van der Waals surface area contributed by atoms with Crippen molar-refractivity contribution in [2.45, 2.75) is 44.6 Å². The molecule has 0 atom stereocenters. The van der Waals surface area contributed by atoms with E-state index in [1.54, 1.807) is 0 Å². The van der Waals surface area contributed by atoms with Gasteiger partial charge in [-0.3, -0.25) is 4.79 Å². The van der Waals surface area contributed by atoms with E-state index in [9.17, 15) is 4.79 Å². The lowest BCUT2D eigenvalue weighted by Gasteiger charge is -2.22. The van der Waals surface area contributed by atoms with Gasteiger partial charge in [0.25, 0.3) is 0 Å². The molecular formula is C17H22BrNO2. The van der Waals surface area contributed by atoms with Gasteiger partial charge in [0, 0.05) is 23.5 Å². The van der Waals surface area contributed by atoms with E-state index in [4.69, 9.17) is 4.74 Å². The summed E-state index contributed by atoms with van der Waals surface area (Å²) in [6.45, 7) is 1.60. The lowest BCUT2D eigenvalue weighted by Crippen LogP contribution is -2.34. The van der Waals surface area contributed by atoms with E-state index >= 15 is 0 Å². The van der Waals surface area contributed by atoms with Crippen LogP contribution in [-0.4, -0.2) is 30.0 Å². The fraction of sp³-hybridized carbons (Fsp3) is 0.588. The van der Waals surface area contributed by atoms with Gasteiger partial charge in [-0.1, -0.05) is 22.0 Å². The van der Waals surface area contributed by atoms with E-state index in [1.165, 1.54) is 25.7 Å². The van der Waals surface area contributed by atoms with Gasteiger partial charge in [-0.15, -0.1) is 0 Å². The van der Waals surface area contributed by atoms with Crippen molar-refractivity contribution in [2.75, 3.05) is 13.2 Å². The van der Waals surface area contributed by atoms with Crippen LogP contribution in [0.25, 0.3) is 0 Å². The van der Waals surface area contributed by atoms with Gasteiger partial charge < -0.3 is 9.64 Å². The predicted octanol–water partition coefficient (Wildman–Crippen LogP) is 4.01. The number of ether oxygens (including phenoxy) is 1. The fourth-order valence-corrected chi connectivity index (χ4v) is 2.91. The average molecular weight is 352 g/mol. The van der Waals surface area contributed by atoms with Crippen molar-refractivity contribution < 1.29 is 9.53 Å². The maximum absolute atomic E-state index is 12.3. The Labute approximate surface area is 134 Å². The molecule has 0 bridgehead atoms. The highest BCUT2D eigenvalue weighted by atomic mass is 79.9. The summed E-state index contributed by atoms with van der Waals surface area (Å²) < 4.78 is 6.70. The molecule has 3 rings (SSSR count). The first-order chi connectivity index (χ1) is 10.2. The molecule has 21 heavy (non-hydrogen) atoms. The molecule has 0 spiro atoms. The second-order valence-corrected chi connectivity index (χ2v) is 7.05. The third-order valence-corrected chi connectivity index (χ3v) is 4.55. The Hall–Kier alpha value is -1.03. The first kappa shape index (κ1) is 14.9. The first-order valence-electron chi connectivity index (χ1n) is 7.90. The molecule has 3 nitrogen and oxygen atoms in total. The molecule has 1 aromatic carbocycles. The molecule has 0 heterocycles. The number of hydrogen-bond acceptors (Lipinski definition) is 2. The van der Waals surface area contributed by atoms with Gasteiger partial charge in [0.05, 0.1) is 6.61 Å². The van der Waals surface area contributed by atoms with E-state index in [1.807, 2.05) is 24.3 Å². The minimum atomic E-state index is 0.322. The molecular weight excluding hydrogens is 330 g/mol. The summed E-state index contributed by atoms with van der Waals surface area (Å²) >= 11 is 3.42. The minimum Gasteiger partial charge on any atom is -0.494 e. The van der Waals surface area contributed by atoms with Gasteiger partial charge in [0.15, 0.2) is 0 Å². The number of rotatable bonds is 8. The van der Waals surface area contributed by atoms with Crippen molar-refractivity contribution >= 4 is 21.8 Å². The van der Waals surface area contributed by atoms with Crippen LogP contribution >= 0.6 is 15.9 Å². The molecule has 0 aromatic heterocycles. The number of amides is 1. The maximum Gasteiger partial charge on any atom is 0.222 e. The Bertz CT molecular complexity index is 497. The summed E-state index contributed by atoms with van der Waals surface area (Å²) in [6.07, 6.45) is 6.42. The van der Waals surface area contributed by atoms with Crippen LogP contribution in [-0.2, 0) is 4.79 Å². The molecule has 0 unspecified atom stereocenters. The van der Waals surface area contributed by atoms with Crippen LogP contribution in [0.5, 0.6) is 5.75 Å². The number of carbonyl (C=O) groups excluding carboxylic acids is 1. The molecule has 0 saturated heterocycles. The Balaban J connectivity index is 1.38. The summed E-state index contributed by atoms with van der Waals surface area (Å²) in [5.74, 6) is 1.96. The van der Waals surface area contributed by atoms with Gasteiger partial charge >= 0.3 is 0 Å². The third-order valence-electron chi connectivity index (χ3n) is 4.06. The molecule has 2 fully saturated rings. The van der Waals surface area contributed by atoms with Gasteiger partial charge in [-0.25, -0.2) is 0 Å². The van der Waals surface area contributed by atoms with Crippen LogP contribution in [0.1, 0.15) is 38.5 Å². The third kappa shape index (κ3) is 4.73. The number of hydrogen-bond donors (Lipinski definition) is 0. The lowest BCUT2D eigenvalue weighted by atomic mass is 10.2. The second-order valence-electron chi connectivity index (χ2n) is 6.13. The standard InChI is InChI=1S/C17H22BrNO2/c18-14-3-1-4-16(11-14)21-10-2-5-17(20)19(15-8-9-15)12-13-6-7-13/h1,3-4,11,13,15H,2,5-10,12H2. The largest absolute Gasteiger partial charge is 0.494 e. The predicted molar refractivity (Wildman–Crippen MR) is 86.3 cm³/mol. The van der Waals surface area contributed by atoms with E-state index in [2.05, 4.69) is 20.8 Å². The van der Waals surface area contributed by atoms with E-state index in [0.29, 0.717) is 25.0 Å². The quantitative estimate of drug-likeness (QED) is 0.662. The lowest BCUT2D eigenvalue weighted by molar-refractivity contribution is -0.132. The molecule has 2 aliphatic carbocycles. The Morgan fingerprint density at radius 2 is 2.10 bits per heavy atom. The summed E-state index contributed by atoms with van der Waals surface area (Å²) in [5, 5.41) is 0. The van der Waals surface area contributed by atoms with E-state index in [0.717, 1.165) is 29.1 Å². The van der Waals surface area contributed by atoms with Crippen LogP contribution in [0.15, 0.2) is 28.7 Å². The van der Waals surface area contributed by atoms with Crippen molar-refractivity contribution in [1.29, 1.82) is 0 Å². The van der Waals surface area contributed by atoms with Gasteiger partial charge in [0.2, 0.25) is 5.91 Å². The highest BCUT2D eigenvalue weighted by Crippen LogP contribution is 2.35. The van der Waals surface area contributed by atoms with Gasteiger partial charge in [-0.2, -0.15) is 0 Å². The number of halogens is 1. The molecule has 0 radical (unpaired) electrons. The van der Waals surface area contributed by atoms with Crippen molar-refractivity contribution in [2.24, 2.45) is 5.92 Å². The van der Waals surface area contributed by atoms with Gasteiger partial charge in [-0.05, 0) is 56.2 Å². The smallest absolute Gasteiger partial charge is 0.222 e. The highest BCUT2D eigenvalue weighted by Gasteiger charge is 2.35. The average Bonchev–Trinajstić information content (AvgIpc) is 3.35. The monoisotopic (exact) mass is 351 g/mol.